The topological polar surface area (TPSA) is 86.4 Å². The molecular formula is C24H24N4O4S. The Balaban J connectivity index is 1.78. The summed E-state index contributed by atoms with van der Waals surface area (Å²) in [5, 5.41) is 9.55. The number of aromatic nitrogens is 1. The summed E-state index contributed by atoms with van der Waals surface area (Å²) in [6.07, 6.45) is 1.72. The molecule has 2 aromatic carbocycles. The van der Waals surface area contributed by atoms with Gasteiger partial charge in [0, 0.05) is 22.6 Å². The van der Waals surface area contributed by atoms with Crippen LogP contribution in [0.5, 0.6) is 17.2 Å². The van der Waals surface area contributed by atoms with Crippen LogP contribution in [0.25, 0.3) is 11.3 Å². The maximum atomic E-state index is 11.8. The number of ether oxygens (including phenoxy) is 3. The normalized spacial score (nSPS) is 13.4. The molecule has 0 spiro atoms. The Morgan fingerprint density at radius 3 is 2.88 bits per heavy atom. The molecule has 0 fully saturated rings. The standard InChI is InChI=1S/C24H24N4O4S/c1-15(2)11-25-24-28(26-12-17-5-7-18(30-3)10-22(17)31-4)20(14-33-24)16-6-8-21-19(9-16)27-23(29)13-32-21/h5-10,12,14H,1,11,13H2,2-4H3,(H,27,29). The van der Waals surface area contributed by atoms with Gasteiger partial charge in [0.2, 0.25) is 4.80 Å². The highest BCUT2D eigenvalue weighted by molar-refractivity contribution is 7.07. The fraction of sp³-hybridized carbons (Fsp3) is 0.208. The Labute approximate surface area is 195 Å². The van der Waals surface area contributed by atoms with E-state index in [1.165, 1.54) is 11.3 Å². The summed E-state index contributed by atoms with van der Waals surface area (Å²) in [6.45, 7) is 6.38. The number of carbonyl (C=O) groups is 1. The Morgan fingerprint density at radius 2 is 2.12 bits per heavy atom. The lowest BCUT2D eigenvalue weighted by molar-refractivity contribution is -0.118. The molecule has 0 radical (unpaired) electrons. The van der Waals surface area contributed by atoms with Crippen LogP contribution in [0.2, 0.25) is 0 Å². The maximum Gasteiger partial charge on any atom is 0.262 e. The Hall–Kier alpha value is -3.85. The average Bonchev–Trinajstić information content (AvgIpc) is 3.23. The van der Waals surface area contributed by atoms with Crippen molar-refractivity contribution >= 4 is 29.1 Å². The third-order valence-corrected chi connectivity index (χ3v) is 5.68. The van der Waals surface area contributed by atoms with Crippen molar-refractivity contribution in [2.45, 2.75) is 6.92 Å². The van der Waals surface area contributed by atoms with Crippen molar-refractivity contribution in [3.8, 4) is 28.5 Å². The van der Waals surface area contributed by atoms with Crippen molar-refractivity contribution in [1.82, 2.24) is 4.68 Å². The Kier molecular flexibility index (Phi) is 6.60. The Bertz CT molecular complexity index is 1310. The molecule has 2 heterocycles. The first-order chi connectivity index (χ1) is 16.0. The second kappa shape index (κ2) is 9.74. The number of hydrogen-bond donors (Lipinski definition) is 1. The summed E-state index contributed by atoms with van der Waals surface area (Å²) in [6, 6.07) is 11.2. The van der Waals surface area contributed by atoms with Gasteiger partial charge in [-0.1, -0.05) is 12.2 Å². The van der Waals surface area contributed by atoms with E-state index >= 15 is 0 Å². The van der Waals surface area contributed by atoms with Gasteiger partial charge in [0.25, 0.3) is 5.91 Å². The fourth-order valence-electron chi connectivity index (χ4n) is 3.21. The van der Waals surface area contributed by atoms with Gasteiger partial charge in [0.05, 0.1) is 38.4 Å². The van der Waals surface area contributed by atoms with Gasteiger partial charge in [0.1, 0.15) is 17.2 Å². The first-order valence-corrected chi connectivity index (χ1v) is 11.1. The molecule has 0 bridgehead atoms. The van der Waals surface area contributed by atoms with Gasteiger partial charge in [-0.05, 0) is 37.3 Å². The van der Waals surface area contributed by atoms with E-state index in [0.29, 0.717) is 29.5 Å². The van der Waals surface area contributed by atoms with Gasteiger partial charge in [-0.3, -0.25) is 9.79 Å². The number of benzene rings is 2. The van der Waals surface area contributed by atoms with E-state index in [0.717, 1.165) is 27.2 Å². The molecule has 1 aliphatic rings. The molecule has 0 atom stereocenters. The molecule has 0 saturated carbocycles. The smallest absolute Gasteiger partial charge is 0.262 e. The number of thiazole rings is 1. The van der Waals surface area contributed by atoms with Crippen LogP contribution in [0, 0.1) is 0 Å². The molecule has 170 valence electrons. The lowest BCUT2D eigenvalue weighted by Gasteiger charge is -2.18. The van der Waals surface area contributed by atoms with E-state index in [-0.39, 0.29) is 12.5 Å². The van der Waals surface area contributed by atoms with Gasteiger partial charge in [-0.25, -0.2) is 4.68 Å². The monoisotopic (exact) mass is 464 g/mol. The van der Waals surface area contributed by atoms with Crippen LogP contribution in [0.4, 0.5) is 5.69 Å². The van der Waals surface area contributed by atoms with E-state index < -0.39 is 0 Å². The zero-order chi connectivity index (χ0) is 23.4. The predicted molar refractivity (Wildman–Crippen MR) is 130 cm³/mol. The molecule has 1 N–H and O–H groups in total. The molecule has 0 unspecified atom stereocenters. The quantitative estimate of drug-likeness (QED) is 0.424. The number of nitrogens with zero attached hydrogens (tertiary/aromatic N) is 3. The number of methoxy groups -OCH3 is 2. The molecule has 9 heteroatoms. The van der Waals surface area contributed by atoms with Crippen molar-refractivity contribution in [3.63, 3.8) is 0 Å². The minimum absolute atomic E-state index is 0.0166. The average molecular weight is 465 g/mol. The van der Waals surface area contributed by atoms with Gasteiger partial charge in [-0.2, -0.15) is 5.10 Å². The number of anilines is 1. The van der Waals surface area contributed by atoms with E-state index in [1.54, 1.807) is 31.2 Å². The highest BCUT2D eigenvalue weighted by atomic mass is 32.1. The number of nitrogens with one attached hydrogen (secondary N) is 1. The highest BCUT2D eigenvalue weighted by Crippen LogP contribution is 2.33. The summed E-state index contributed by atoms with van der Waals surface area (Å²) in [5.41, 5.74) is 4.06. The minimum Gasteiger partial charge on any atom is -0.497 e. The van der Waals surface area contributed by atoms with E-state index in [1.807, 2.05) is 42.6 Å². The van der Waals surface area contributed by atoms with Crippen LogP contribution in [-0.2, 0) is 4.79 Å². The van der Waals surface area contributed by atoms with Crippen molar-refractivity contribution in [2.24, 2.45) is 10.1 Å². The van der Waals surface area contributed by atoms with Crippen LogP contribution in [0.1, 0.15) is 12.5 Å². The van der Waals surface area contributed by atoms with Crippen molar-refractivity contribution in [3.05, 3.63) is 64.3 Å². The highest BCUT2D eigenvalue weighted by Gasteiger charge is 2.18. The number of amides is 1. The van der Waals surface area contributed by atoms with Gasteiger partial charge in [-0.15, -0.1) is 11.3 Å². The summed E-state index contributed by atoms with van der Waals surface area (Å²) in [4.78, 5) is 17.1. The molecule has 3 aromatic rings. The maximum absolute atomic E-state index is 11.8. The summed E-state index contributed by atoms with van der Waals surface area (Å²) < 4.78 is 18.0. The number of rotatable bonds is 7. The summed E-state index contributed by atoms with van der Waals surface area (Å²) in [7, 11) is 3.21. The van der Waals surface area contributed by atoms with Crippen molar-refractivity contribution < 1.29 is 19.0 Å². The molecule has 4 rings (SSSR count). The third kappa shape index (κ3) is 4.98. The van der Waals surface area contributed by atoms with Crippen molar-refractivity contribution in [1.29, 1.82) is 0 Å². The fourth-order valence-corrected chi connectivity index (χ4v) is 4.05. The SMILES string of the molecule is C=C(C)CN=c1scc(-c2ccc3c(c2)NC(=O)CO3)n1N=Cc1ccc(OC)cc1OC. The minimum atomic E-state index is -0.181. The van der Waals surface area contributed by atoms with Crippen LogP contribution in [0.15, 0.2) is 64.0 Å². The lowest BCUT2D eigenvalue weighted by Crippen LogP contribution is -2.25. The van der Waals surface area contributed by atoms with Gasteiger partial charge in [0.15, 0.2) is 6.61 Å². The van der Waals surface area contributed by atoms with Gasteiger partial charge < -0.3 is 19.5 Å². The van der Waals surface area contributed by atoms with Crippen LogP contribution >= 0.6 is 11.3 Å². The van der Waals surface area contributed by atoms with E-state index in [4.69, 9.17) is 19.3 Å². The molecule has 33 heavy (non-hydrogen) atoms. The molecule has 8 nitrogen and oxygen atoms in total. The van der Waals surface area contributed by atoms with Crippen LogP contribution in [0.3, 0.4) is 0 Å². The number of fused-ring (bicyclic) bond motifs is 1. The lowest BCUT2D eigenvalue weighted by atomic mass is 10.1. The molecular weight excluding hydrogens is 440 g/mol. The second-order valence-electron chi connectivity index (χ2n) is 7.39. The number of carbonyl (C=O) groups excluding carboxylic acids is 1. The van der Waals surface area contributed by atoms with E-state index in [9.17, 15) is 4.79 Å². The van der Waals surface area contributed by atoms with Crippen LogP contribution < -0.4 is 24.3 Å². The number of hydrogen-bond acceptors (Lipinski definition) is 7. The van der Waals surface area contributed by atoms with Crippen molar-refractivity contribution in [2.75, 3.05) is 32.7 Å². The summed E-state index contributed by atoms with van der Waals surface area (Å²) in [5.74, 6) is 1.80. The molecule has 1 aromatic heterocycles. The molecule has 0 aliphatic carbocycles. The zero-order valence-electron chi connectivity index (χ0n) is 18.6. The zero-order valence-corrected chi connectivity index (χ0v) is 19.4. The largest absolute Gasteiger partial charge is 0.497 e. The molecule has 0 saturated heterocycles. The van der Waals surface area contributed by atoms with Gasteiger partial charge >= 0.3 is 0 Å². The first kappa shape index (κ1) is 22.3. The van der Waals surface area contributed by atoms with E-state index in [2.05, 4.69) is 16.9 Å². The second-order valence-corrected chi connectivity index (χ2v) is 8.23. The predicted octanol–water partition coefficient (Wildman–Crippen LogP) is 3.92. The molecule has 1 aliphatic heterocycles. The molecule has 1 amide bonds. The Morgan fingerprint density at radius 1 is 1.27 bits per heavy atom. The van der Waals surface area contributed by atoms with Crippen LogP contribution in [-0.4, -0.2) is 44.2 Å². The summed E-state index contributed by atoms with van der Waals surface area (Å²) >= 11 is 1.47. The third-order valence-electron chi connectivity index (χ3n) is 4.83. The first-order valence-electron chi connectivity index (χ1n) is 10.2.